The van der Waals surface area contributed by atoms with Crippen LogP contribution in [0.5, 0.6) is 0 Å². The van der Waals surface area contributed by atoms with E-state index < -0.39 is 0 Å². The first-order valence-corrected chi connectivity index (χ1v) is 7.74. The molecule has 1 aliphatic heterocycles. The molecule has 1 atom stereocenters. The summed E-state index contributed by atoms with van der Waals surface area (Å²) in [6, 6.07) is 8.99. The lowest BCUT2D eigenvalue weighted by molar-refractivity contribution is 0.240. The largest absolute Gasteiger partial charge is 0.289 e. The van der Waals surface area contributed by atoms with Gasteiger partial charge in [0.05, 0.1) is 11.6 Å². The van der Waals surface area contributed by atoms with Crippen molar-refractivity contribution in [1.82, 2.24) is 25.1 Å². The van der Waals surface area contributed by atoms with Crippen molar-refractivity contribution < 1.29 is 0 Å². The van der Waals surface area contributed by atoms with E-state index in [9.17, 15) is 0 Å². The van der Waals surface area contributed by atoms with E-state index in [0.29, 0.717) is 6.04 Å². The summed E-state index contributed by atoms with van der Waals surface area (Å²) in [6.07, 6.45) is 5.92. The predicted molar refractivity (Wildman–Crippen MR) is 85.2 cm³/mol. The number of aromatic amines is 1. The Kier molecular flexibility index (Phi) is 3.35. The summed E-state index contributed by atoms with van der Waals surface area (Å²) in [7, 11) is 0. The number of pyridine rings is 1. The van der Waals surface area contributed by atoms with E-state index in [1.54, 1.807) is 6.33 Å². The van der Waals surface area contributed by atoms with E-state index in [1.807, 2.05) is 6.20 Å². The molecule has 1 aromatic carbocycles. The van der Waals surface area contributed by atoms with Crippen LogP contribution < -0.4 is 0 Å². The molecule has 1 fully saturated rings. The minimum absolute atomic E-state index is 0.343. The van der Waals surface area contributed by atoms with Crippen molar-refractivity contribution >= 4 is 10.9 Å². The molecule has 1 aliphatic rings. The van der Waals surface area contributed by atoms with Crippen LogP contribution in [0.4, 0.5) is 0 Å². The number of benzene rings is 1. The second-order valence-corrected chi connectivity index (χ2v) is 6.04. The summed E-state index contributed by atoms with van der Waals surface area (Å²) >= 11 is 0. The van der Waals surface area contributed by atoms with Gasteiger partial charge < -0.3 is 0 Å². The summed E-state index contributed by atoms with van der Waals surface area (Å²) in [4.78, 5) is 11.4. The van der Waals surface area contributed by atoms with Crippen LogP contribution in [0.2, 0.25) is 0 Å². The van der Waals surface area contributed by atoms with Crippen LogP contribution in [-0.4, -0.2) is 31.6 Å². The fourth-order valence-corrected chi connectivity index (χ4v) is 3.32. The lowest BCUT2D eigenvalue weighted by atomic mass is 10.1. The molecule has 0 radical (unpaired) electrons. The fraction of sp³-hybridized carbons (Fsp3) is 0.353. The number of aryl methyl sites for hydroxylation is 1. The maximum Gasteiger partial charge on any atom is 0.141 e. The Morgan fingerprint density at radius 1 is 1.27 bits per heavy atom. The number of hydrogen-bond acceptors (Lipinski definition) is 4. The summed E-state index contributed by atoms with van der Waals surface area (Å²) in [5.74, 6) is 0.974. The molecule has 112 valence electrons. The van der Waals surface area contributed by atoms with E-state index in [0.717, 1.165) is 30.9 Å². The van der Waals surface area contributed by atoms with E-state index in [4.69, 9.17) is 0 Å². The molecule has 2 aromatic heterocycles. The lowest BCUT2D eigenvalue weighted by Crippen LogP contribution is -2.23. The highest BCUT2D eigenvalue weighted by Crippen LogP contribution is 2.31. The Balaban J connectivity index is 1.60. The molecule has 5 nitrogen and oxygen atoms in total. The molecule has 22 heavy (non-hydrogen) atoms. The number of aromatic nitrogens is 4. The van der Waals surface area contributed by atoms with Crippen molar-refractivity contribution in [2.75, 3.05) is 6.54 Å². The molecule has 3 heterocycles. The number of nitrogens with one attached hydrogen (secondary N) is 1. The molecule has 0 saturated carbocycles. The number of hydrogen-bond donors (Lipinski definition) is 1. The van der Waals surface area contributed by atoms with Crippen LogP contribution in [0.15, 0.2) is 36.8 Å². The number of nitrogens with zero attached hydrogens (tertiary/aromatic N) is 4. The quantitative estimate of drug-likeness (QED) is 0.806. The Hall–Kier alpha value is -2.27. The Bertz CT molecular complexity index is 781. The fourth-order valence-electron chi connectivity index (χ4n) is 3.32. The molecule has 0 bridgehead atoms. The Labute approximate surface area is 129 Å². The third-order valence-corrected chi connectivity index (χ3v) is 4.39. The van der Waals surface area contributed by atoms with Crippen LogP contribution in [0.1, 0.15) is 35.8 Å². The highest BCUT2D eigenvalue weighted by molar-refractivity contribution is 5.79. The molecule has 3 aromatic rings. The van der Waals surface area contributed by atoms with Crippen molar-refractivity contribution in [3.63, 3.8) is 0 Å². The molecule has 5 heteroatoms. The van der Waals surface area contributed by atoms with E-state index in [-0.39, 0.29) is 0 Å². The van der Waals surface area contributed by atoms with Crippen LogP contribution in [0.3, 0.4) is 0 Å². The van der Waals surface area contributed by atoms with Gasteiger partial charge >= 0.3 is 0 Å². The van der Waals surface area contributed by atoms with Crippen LogP contribution in [0.25, 0.3) is 10.9 Å². The van der Waals surface area contributed by atoms with E-state index in [2.05, 4.69) is 56.3 Å². The summed E-state index contributed by atoms with van der Waals surface area (Å²) in [5, 5.41) is 8.21. The van der Waals surface area contributed by atoms with Gasteiger partial charge in [0.25, 0.3) is 0 Å². The average molecular weight is 293 g/mol. The smallest absolute Gasteiger partial charge is 0.141 e. The van der Waals surface area contributed by atoms with Crippen LogP contribution in [0, 0.1) is 6.92 Å². The third kappa shape index (κ3) is 2.48. The molecule has 1 N–H and O–H groups in total. The van der Waals surface area contributed by atoms with Crippen molar-refractivity contribution in [1.29, 1.82) is 0 Å². The number of fused-ring (bicyclic) bond motifs is 1. The van der Waals surface area contributed by atoms with Crippen molar-refractivity contribution in [2.24, 2.45) is 0 Å². The van der Waals surface area contributed by atoms with Crippen LogP contribution in [-0.2, 0) is 6.54 Å². The lowest BCUT2D eigenvalue weighted by Gasteiger charge is -2.22. The zero-order valence-electron chi connectivity index (χ0n) is 12.7. The second-order valence-electron chi connectivity index (χ2n) is 6.04. The van der Waals surface area contributed by atoms with E-state index >= 15 is 0 Å². The van der Waals surface area contributed by atoms with Gasteiger partial charge in [-0.2, -0.15) is 5.10 Å². The monoisotopic (exact) mass is 293 g/mol. The predicted octanol–water partition coefficient (Wildman–Crippen LogP) is 3.00. The van der Waals surface area contributed by atoms with Gasteiger partial charge in [-0.1, -0.05) is 11.6 Å². The van der Waals surface area contributed by atoms with Gasteiger partial charge in [0, 0.05) is 18.1 Å². The van der Waals surface area contributed by atoms with Crippen LogP contribution >= 0.6 is 0 Å². The number of rotatable bonds is 3. The zero-order chi connectivity index (χ0) is 14.9. The second kappa shape index (κ2) is 5.50. The van der Waals surface area contributed by atoms with Crippen molar-refractivity contribution in [3.05, 3.63) is 53.7 Å². The Morgan fingerprint density at radius 2 is 2.23 bits per heavy atom. The molecule has 0 amide bonds. The highest BCUT2D eigenvalue weighted by atomic mass is 15.3. The zero-order valence-corrected chi connectivity index (χ0v) is 12.7. The SMILES string of the molecule is Cc1ccc2ncc(CN3CCC[C@H]3c3ncn[nH]3)cc2c1. The van der Waals surface area contributed by atoms with Gasteiger partial charge in [0.2, 0.25) is 0 Å². The normalized spacial score (nSPS) is 19.0. The van der Waals surface area contributed by atoms with Gasteiger partial charge in [-0.15, -0.1) is 0 Å². The molecule has 1 saturated heterocycles. The first-order valence-electron chi connectivity index (χ1n) is 7.74. The summed E-state index contributed by atoms with van der Waals surface area (Å²) < 4.78 is 0. The molecular weight excluding hydrogens is 274 g/mol. The highest BCUT2D eigenvalue weighted by Gasteiger charge is 2.28. The number of likely N-dealkylation sites (tertiary alicyclic amines) is 1. The van der Waals surface area contributed by atoms with Crippen molar-refractivity contribution in [3.8, 4) is 0 Å². The molecule has 0 aliphatic carbocycles. The van der Waals surface area contributed by atoms with Gasteiger partial charge in [0.15, 0.2) is 0 Å². The summed E-state index contributed by atoms with van der Waals surface area (Å²) in [6.45, 7) is 4.12. The first kappa shape index (κ1) is 13.4. The molecular formula is C17H19N5. The van der Waals surface area contributed by atoms with Crippen molar-refractivity contribution in [2.45, 2.75) is 32.4 Å². The molecule has 4 rings (SSSR count). The maximum absolute atomic E-state index is 4.59. The van der Waals surface area contributed by atoms with Gasteiger partial charge in [0.1, 0.15) is 12.2 Å². The summed E-state index contributed by atoms with van der Waals surface area (Å²) in [5.41, 5.74) is 3.58. The third-order valence-electron chi connectivity index (χ3n) is 4.39. The Morgan fingerprint density at radius 3 is 3.09 bits per heavy atom. The van der Waals surface area contributed by atoms with Gasteiger partial charge in [-0.05, 0) is 50.1 Å². The van der Waals surface area contributed by atoms with E-state index in [1.165, 1.54) is 22.9 Å². The minimum atomic E-state index is 0.343. The number of H-pyrrole nitrogens is 1. The minimum Gasteiger partial charge on any atom is -0.289 e. The standard InChI is InChI=1S/C17H19N5/c1-12-4-5-15-14(7-12)8-13(9-18-15)10-22-6-2-3-16(22)17-19-11-20-21-17/h4-5,7-9,11,16H,2-3,6,10H2,1H3,(H,19,20,21)/t16-/m0/s1. The molecule has 0 spiro atoms. The van der Waals surface area contributed by atoms with Gasteiger partial charge in [-0.3, -0.25) is 15.0 Å². The first-order chi connectivity index (χ1) is 10.8. The topological polar surface area (TPSA) is 57.7 Å². The maximum atomic E-state index is 4.59. The molecule has 0 unspecified atom stereocenters. The van der Waals surface area contributed by atoms with Gasteiger partial charge in [-0.25, -0.2) is 4.98 Å². The average Bonchev–Trinajstić information content (AvgIpc) is 3.17.